The first-order valence-electron chi connectivity index (χ1n) is 8.64. The molecule has 0 saturated carbocycles. The van der Waals surface area contributed by atoms with Gasteiger partial charge >= 0.3 is 0 Å². The number of aromatic nitrogens is 2. The molecular weight excluding hydrogens is 324 g/mol. The lowest BCUT2D eigenvalue weighted by atomic mass is 10.1. The molecule has 0 aliphatic carbocycles. The molecule has 1 aromatic heterocycles. The van der Waals surface area contributed by atoms with Crippen LogP contribution in [0.25, 0.3) is 0 Å². The molecule has 0 unspecified atom stereocenters. The van der Waals surface area contributed by atoms with Crippen molar-refractivity contribution in [1.29, 1.82) is 0 Å². The van der Waals surface area contributed by atoms with E-state index in [1.54, 1.807) is 6.07 Å². The quantitative estimate of drug-likeness (QED) is 0.705. The fourth-order valence-electron chi connectivity index (χ4n) is 2.77. The fourth-order valence-corrected chi connectivity index (χ4v) is 2.77. The second kappa shape index (κ2) is 7.78. The normalized spacial score (nSPS) is 10.4. The van der Waals surface area contributed by atoms with E-state index in [0.717, 1.165) is 34.6 Å². The van der Waals surface area contributed by atoms with Crippen molar-refractivity contribution in [1.82, 2.24) is 9.97 Å². The van der Waals surface area contributed by atoms with Crippen LogP contribution in [-0.2, 0) is 6.42 Å². The summed E-state index contributed by atoms with van der Waals surface area (Å²) < 4.78 is 0. The third-order valence-corrected chi connectivity index (χ3v) is 4.10. The highest BCUT2D eigenvalue weighted by Crippen LogP contribution is 2.22. The predicted molar refractivity (Wildman–Crippen MR) is 105 cm³/mol. The summed E-state index contributed by atoms with van der Waals surface area (Å²) in [6.07, 6.45) is 0.848. The number of rotatable bonds is 5. The summed E-state index contributed by atoms with van der Waals surface area (Å²) >= 11 is 0. The molecule has 26 heavy (non-hydrogen) atoms. The van der Waals surface area contributed by atoms with E-state index in [0.29, 0.717) is 11.6 Å². The van der Waals surface area contributed by atoms with Crippen LogP contribution in [0.2, 0.25) is 0 Å². The number of nitrogens with zero attached hydrogens (tertiary/aromatic N) is 2. The Bertz CT molecular complexity index is 923. The van der Waals surface area contributed by atoms with Crippen LogP contribution in [0.5, 0.6) is 0 Å². The lowest BCUT2D eigenvalue weighted by Gasteiger charge is -2.13. The standard InChI is InChI=1S/C21H22N4O/c1-4-16-10-8-9-14(2)19(16)25-20(26)18-13-15(3)22-21(24-18)23-17-11-6-5-7-12-17/h5-13H,4H2,1-3H3,(H,25,26)(H,22,23,24). The van der Waals surface area contributed by atoms with Crippen molar-refractivity contribution in [2.45, 2.75) is 27.2 Å². The zero-order valence-electron chi connectivity index (χ0n) is 15.2. The molecule has 3 aromatic rings. The van der Waals surface area contributed by atoms with E-state index in [9.17, 15) is 4.79 Å². The number of benzene rings is 2. The van der Waals surface area contributed by atoms with Crippen LogP contribution in [0.15, 0.2) is 54.6 Å². The molecule has 0 aliphatic rings. The van der Waals surface area contributed by atoms with E-state index < -0.39 is 0 Å². The topological polar surface area (TPSA) is 66.9 Å². The Morgan fingerprint density at radius 3 is 2.50 bits per heavy atom. The van der Waals surface area contributed by atoms with E-state index in [4.69, 9.17) is 0 Å². The monoisotopic (exact) mass is 346 g/mol. The van der Waals surface area contributed by atoms with Crippen molar-refractivity contribution in [2.75, 3.05) is 10.6 Å². The number of nitrogens with one attached hydrogen (secondary N) is 2. The molecule has 0 saturated heterocycles. The maximum atomic E-state index is 12.8. The molecule has 0 aliphatic heterocycles. The summed E-state index contributed by atoms with van der Waals surface area (Å²) in [6.45, 7) is 5.91. The highest BCUT2D eigenvalue weighted by atomic mass is 16.1. The van der Waals surface area contributed by atoms with Crippen molar-refractivity contribution < 1.29 is 4.79 Å². The first-order chi connectivity index (χ1) is 12.6. The average Bonchev–Trinajstić information content (AvgIpc) is 2.63. The third kappa shape index (κ3) is 4.06. The average molecular weight is 346 g/mol. The minimum absolute atomic E-state index is 0.240. The maximum Gasteiger partial charge on any atom is 0.274 e. The molecule has 1 heterocycles. The third-order valence-electron chi connectivity index (χ3n) is 4.10. The number of carbonyl (C=O) groups excluding carboxylic acids is 1. The largest absolute Gasteiger partial charge is 0.324 e. The van der Waals surface area contributed by atoms with E-state index >= 15 is 0 Å². The smallest absolute Gasteiger partial charge is 0.274 e. The number of para-hydroxylation sites is 2. The van der Waals surface area contributed by atoms with Gasteiger partial charge in [0.2, 0.25) is 5.95 Å². The van der Waals surface area contributed by atoms with Crippen molar-refractivity contribution in [3.05, 3.63) is 77.1 Å². The molecule has 5 heteroatoms. The van der Waals surface area contributed by atoms with Crippen LogP contribution in [0.3, 0.4) is 0 Å². The van der Waals surface area contributed by atoms with Crippen molar-refractivity contribution in [2.24, 2.45) is 0 Å². The van der Waals surface area contributed by atoms with Gasteiger partial charge in [0.05, 0.1) is 0 Å². The van der Waals surface area contributed by atoms with Gasteiger partial charge in [0.1, 0.15) is 5.69 Å². The molecular formula is C21H22N4O. The van der Waals surface area contributed by atoms with Crippen LogP contribution >= 0.6 is 0 Å². The summed E-state index contributed by atoms with van der Waals surface area (Å²) in [5.74, 6) is 0.164. The molecule has 0 spiro atoms. The van der Waals surface area contributed by atoms with Crippen LogP contribution in [0.4, 0.5) is 17.3 Å². The number of amides is 1. The van der Waals surface area contributed by atoms with Crippen molar-refractivity contribution in [3.8, 4) is 0 Å². The van der Waals surface area contributed by atoms with Crippen molar-refractivity contribution >= 4 is 23.2 Å². The summed E-state index contributed by atoms with van der Waals surface area (Å²) in [7, 11) is 0. The molecule has 0 fully saturated rings. The lowest BCUT2D eigenvalue weighted by Crippen LogP contribution is -2.17. The van der Waals surface area contributed by atoms with Gasteiger partial charge in [-0.25, -0.2) is 9.97 Å². The maximum absolute atomic E-state index is 12.8. The molecule has 0 bridgehead atoms. The summed E-state index contributed by atoms with van der Waals surface area (Å²) in [5.41, 5.74) is 4.92. The SMILES string of the molecule is CCc1cccc(C)c1NC(=O)c1cc(C)nc(Nc2ccccc2)n1. The number of anilines is 3. The lowest BCUT2D eigenvalue weighted by molar-refractivity contribution is 0.102. The Kier molecular flexibility index (Phi) is 5.27. The predicted octanol–water partition coefficient (Wildman–Crippen LogP) is 4.65. The van der Waals surface area contributed by atoms with Crippen LogP contribution in [0.1, 0.15) is 34.2 Å². The fraction of sp³-hybridized carbons (Fsp3) is 0.190. The van der Waals surface area contributed by atoms with Crippen molar-refractivity contribution in [3.63, 3.8) is 0 Å². The van der Waals surface area contributed by atoms with Gasteiger partial charge < -0.3 is 10.6 Å². The second-order valence-corrected chi connectivity index (χ2v) is 6.13. The molecule has 5 nitrogen and oxygen atoms in total. The molecule has 3 rings (SSSR count). The summed E-state index contributed by atoms with van der Waals surface area (Å²) in [4.78, 5) is 21.5. The van der Waals surface area contributed by atoms with Crippen LogP contribution in [-0.4, -0.2) is 15.9 Å². The highest BCUT2D eigenvalue weighted by Gasteiger charge is 2.14. The van der Waals surface area contributed by atoms with Gasteiger partial charge in [-0.3, -0.25) is 4.79 Å². The first-order valence-corrected chi connectivity index (χ1v) is 8.64. The van der Waals surface area contributed by atoms with Gasteiger partial charge in [-0.05, 0) is 49.6 Å². The highest BCUT2D eigenvalue weighted by molar-refractivity contribution is 6.04. The zero-order valence-corrected chi connectivity index (χ0v) is 15.2. The van der Waals surface area contributed by atoms with E-state index in [1.807, 2.05) is 62.4 Å². The molecule has 1 amide bonds. The molecule has 2 N–H and O–H groups in total. The Morgan fingerprint density at radius 2 is 1.77 bits per heavy atom. The minimum atomic E-state index is -0.240. The number of carbonyl (C=O) groups is 1. The van der Waals surface area contributed by atoms with Gasteiger partial charge in [-0.1, -0.05) is 43.3 Å². The van der Waals surface area contributed by atoms with Crippen LogP contribution < -0.4 is 10.6 Å². The Labute approximate surface area is 153 Å². The molecule has 0 radical (unpaired) electrons. The van der Waals surface area contributed by atoms with Gasteiger partial charge in [0.15, 0.2) is 0 Å². The Morgan fingerprint density at radius 1 is 1.00 bits per heavy atom. The van der Waals surface area contributed by atoms with E-state index in [1.165, 1.54) is 0 Å². The first kappa shape index (κ1) is 17.6. The summed E-state index contributed by atoms with van der Waals surface area (Å²) in [5, 5.41) is 6.14. The number of hydrogen-bond acceptors (Lipinski definition) is 4. The van der Waals surface area contributed by atoms with Crippen LogP contribution in [0, 0.1) is 13.8 Å². The summed E-state index contributed by atoms with van der Waals surface area (Å²) in [6, 6.07) is 17.3. The number of aryl methyl sites for hydroxylation is 3. The molecule has 132 valence electrons. The zero-order chi connectivity index (χ0) is 18.5. The van der Waals surface area contributed by atoms with Gasteiger partial charge in [0.25, 0.3) is 5.91 Å². The molecule has 2 aromatic carbocycles. The van der Waals surface area contributed by atoms with E-state index in [-0.39, 0.29) is 5.91 Å². The second-order valence-electron chi connectivity index (χ2n) is 6.13. The van der Waals surface area contributed by atoms with Gasteiger partial charge in [-0.15, -0.1) is 0 Å². The Hall–Kier alpha value is -3.21. The number of hydrogen-bond donors (Lipinski definition) is 2. The van der Waals surface area contributed by atoms with Gasteiger partial charge in [-0.2, -0.15) is 0 Å². The molecule has 0 atom stereocenters. The van der Waals surface area contributed by atoms with Gasteiger partial charge in [0, 0.05) is 17.1 Å². The minimum Gasteiger partial charge on any atom is -0.324 e. The Balaban J connectivity index is 1.86. The van der Waals surface area contributed by atoms with E-state index in [2.05, 4.69) is 27.5 Å².